The fourth-order valence-corrected chi connectivity index (χ4v) is 2.66. The lowest BCUT2D eigenvalue weighted by molar-refractivity contribution is 0.129. The van der Waals surface area contributed by atoms with Crippen LogP contribution >= 0.6 is 11.3 Å². The van der Waals surface area contributed by atoms with Crippen LogP contribution in [-0.4, -0.2) is 10.8 Å². The highest BCUT2D eigenvalue weighted by molar-refractivity contribution is 7.09. The van der Waals surface area contributed by atoms with Gasteiger partial charge in [0.05, 0.1) is 17.1 Å². The third kappa shape index (κ3) is 4.35. The van der Waals surface area contributed by atoms with E-state index in [0.717, 1.165) is 16.3 Å². The average Bonchev–Trinajstić information content (AvgIpc) is 2.73. The second-order valence-corrected chi connectivity index (χ2v) is 5.95. The molecule has 20 heavy (non-hydrogen) atoms. The van der Waals surface area contributed by atoms with E-state index in [2.05, 4.69) is 42.2 Å². The summed E-state index contributed by atoms with van der Waals surface area (Å²) in [6.07, 6.45) is 0.525. The van der Waals surface area contributed by atoms with Crippen molar-refractivity contribution in [2.45, 2.75) is 33.8 Å². The van der Waals surface area contributed by atoms with E-state index >= 15 is 0 Å². The molecule has 4 nitrogen and oxygen atoms in total. The molecule has 2 aromatic rings. The molecule has 2 rings (SSSR count). The number of nitrogens with zero attached hydrogens (tertiary/aromatic N) is 2. The Balaban J connectivity index is 1.89. The summed E-state index contributed by atoms with van der Waals surface area (Å²) in [5.41, 5.74) is 10.3. The average molecular weight is 289 g/mol. The summed E-state index contributed by atoms with van der Waals surface area (Å²) in [5.74, 6) is 0.444. The van der Waals surface area contributed by atoms with E-state index in [9.17, 15) is 0 Å². The number of aryl methyl sites for hydroxylation is 3. The van der Waals surface area contributed by atoms with E-state index in [0.29, 0.717) is 18.9 Å². The SMILES string of the molecule is Cc1cc(C)cc(CON=C(N)Cc2csc(C)n2)c1. The zero-order valence-corrected chi connectivity index (χ0v) is 12.8. The third-order valence-corrected chi connectivity index (χ3v) is 3.55. The van der Waals surface area contributed by atoms with Gasteiger partial charge >= 0.3 is 0 Å². The topological polar surface area (TPSA) is 60.5 Å². The van der Waals surface area contributed by atoms with Crippen LogP contribution in [0.5, 0.6) is 0 Å². The van der Waals surface area contributed by atoms with Gasteiger partial charge in [0.2, 0.25) is 0 Å². The number of benzene rings is 1. The van der Waals surface area contributed by atoms with Crippen molar-refractivity contribution in [3.05, 3.63) is 51.0 Å². The number of hydrogen-bond acceptors (Lipinski definition) is 4. The lowest BCUT2D eigenvalue weighted by atomic mass is 10.1. The summed E-state index contributed by atoms with van der Waals surface area (Å²) in [5, 5.41) is 6.96. The normalized spacial score (nSPS) is 11.7. The van der Waals surface area contributed by atoms with Gasteiger partial charge in [-0.2, -0.15) is 0 Å². The van der Waals surface area contributed by atoms with Gasteiger partial charge in [-0.3, -0.25) is 0 Å². The molecule has 1 heterocycles. The monoisotopic (exact) mass is 289 g/mol. The van der Waals surface area contributed by atoms with E-state index < -0.39 is 0 Å². The maximum atomic E-state index is 5.83. The second kappa shape index (κ2) is 6.52. The Kier molecular flexibility index (Phi) is 4.74. The summed E-state index contributed by atoms with van der Waals surface area (Å²) in [6, 6.07) is 6.30. The molecule has 0 aliphatic rings. The first kappa shape index (κ1) is 14.5. The highest BCUT2D eigenvalue weighted by atomic mass is 32.1. The van der Waals surface area contributed by atoms with Crippen LogP contribution in [0, 0.1) is 20.8 Å². The van der Waals surface area contributed by atoms with Crippen molar-refractivity contribution in [2.75, 3.05) is 0 Å². The van der Waals surface area contributed by atoms with Gasteiger partial charge in [0.15, 0.2) is 0 Å². The maximum Gasteiger partial charge on any atom is 0.145 e. The van der Waals surface area contributed by atoms with Crippen molar-refractivity contribution >= 4 is 17.2 Å². The Labute approximate surface area is 123 Å². The first-order chi connectivity index (χ1) is 9.52. The first-order valence-electron chi connectivity index (χ1n) is 6.45. The molecular formula is C15H19N3OS. The predicted molar refractivity (Wildman–Crippen MR) is 82.9 cm³/mol. The molecular weight excluding hydrogens is 270 g/mol. The van der Waals surface area contributed by atoms with Crippen LogP contribution in [0.3, 0.4) is 0 Å². The second-order valence-electron chi connectivity index (χ2n) is 4.89. The number of hydrogen-bond donors (Lipinski definition) is 1. The van der Waals surface area contributed by atoms with Crippen LogP contribution in [0.4, 0.5) is 0 Å². The molecule has 0 fully saturated rings. The van der Waals surface area contributed by atoms with Crippen molar-refractivity contribution in [3.63, 3.8) is 0 Å². The Bertz CT molecular complexity index is 599. The fraction of sp³-hybridized carbons (Fsp3) is 0.333. The Morgan fingerprint density at radius 1 is 1.25 bits per heavy atom. The van der Waals surface area contributed by atoms with Crippen LogP contribution in [0.2, 0.25) is 0 Å². The van der Waals surface area contributed by atoms with E-state index in [4.69, 9.17) is 10.6 Å². The number of nitrogens with two attached hydrogens (primary N) is 1. The number of thiazole rings is 1. The van der Waals surface area contributed by atoms with Gasteiger partial charge in [-0.15, -0.1) is 11.3 Å². The molecule has 0 unspecified atom stereocenters. The van der Waals surface area contributed by atoms with Gasteiger partial charge in [0.25, 0.3) is 0 Å². The molecule has 106 valence electrons. The molecule has 5 heteroatoms. The fourth-order valence-electron chi connectivity index (χ4n) is 2.05. The highest BCUT2D eigenvalue weighted by Gasteiger charge is 2.02. The van der Waals surface area contributed by atoms with Crippen molar-refractivity contribution in [2.24, 2.45) is 10.9 Å². The minimum atomic E-state index is 0.430. The lowest BCUT2D eigenvalue weighted by Gasteiger charge is -2.04. The van der Waals surface area contributed by atoms with Gasteiger partial charge in [-0.05, 0) is 26.3 Å². The molecule has 0 aliphatic heterocycles. The quantitative estimate of drug-likeness (QED) is 0.522. The highest BCUT2D eigenvalue weighted by Crippen LogP contribution is 2.11. The van der Waals surface area contributed by atoms with E-state index in [1.807, 2.05) is 12.3 Å². The predicted octanol–water partition coefficient (Wildman–Crippen LogP) is 3.10. The maximum absolute atomic E-state index is 5.83. The number of amidine groups is 1. The Morgan fingerprint density at radius 2 is 1.95 bits per heavy atom. The summed E-state index contributed by atoms with van der Waals surface area (Å²) >= 11 is 1.61. The Hall–Kier alpha value is -1.88. The molecule has 0 aliphatic carbocycles. The molecule has 0 amide bonds. The summed E-state index contributed by atoms with van der Waals surface area (Å²) in [7, 11) is 0. The first-order valence-corrected chi connectivity index (χ1v) is 7.33. The van der Waals surface area contributed by atoms with Crippen molar-refractivity contribution < 1.29 is 4.84 Å². The Morgan fingerprint density at radius 3 is 2.55 bits per heavy atom. The zero-order valence-electron chi connectivity index (χ0n) is 12.0. The van der Waals surface area contributed by atoms with Crippen LogP contribution in [0.15, 0.2) is 28.7 Å². The standard InChI is InChI=1S/C15H19N3OS/c1-10-4-11(2)6-13(5-10)8-19-18-15(16)7-14-9-20-12(3)17-14/h4-6,9H,7-8H2,1-3H3,(H2,16,18). The van der Waals surface area contributed by atoms with Gasteiger partial charge in [-0.1, -0.05) is 34.5 Å². The molecule has 2 N–H and O–H groups in total. The van der Waals surface area contributed by atoms with Crippen LogP contribution < -0.4 is 5.73 Å². The molecule has 1 aromatic heterocycles. The molecule has 1 aromatic carbocycles. The van der Waals surface area contributed by atoms with Gasteiger partial charge in [-0.25, -0.2) is 4.98 Å². The molecule has 0 spiro atoms. The lowest BCUT2D eigenvalue weighted by Crippen LogP contribution is -2.15. The summed E-state index contributed by atoms with van der Waals surface area (Å²) < 4.78 is 0. The summed E-state index contributed by atoms with van der Waals surface area (Å²) in [4.78, 5) is 9.65. The van der Waals surface area contributed by atoms with Gasteiger partial charge < -0.3 is 10.6 Å². The smallest absolute Gasteiger partial charge is 0.145 e. The van der Waals surface area contributed by atoms with Crippen molar-refractivity contribution in [1.82, 2.24) is 4.98 Å². The minimum absolute atomic E-state index is 0.430. The largest absolute Gasteiger partial charge is 0.390 e. The van der Waals surface area contributed by atoms with Gasteiger partial charge in [0, 0.05) is 5.38 Å². The number of aromatic nitrogens is 1. The van der Waals surface area contributed by atoms with Crippen LogP contribution in [0.1, 0.15) is 27.4 Å². The number of oxime groups is 1. The summed E-state index contributed by atoms with van der Waals surface area (Å²) in [6.45, 7) is 6.54. The number of rotatable bonds is 5. The molecule has 0 bridgehead atoms. The van der Waals surface area contributed by atoms with E-state index in [-0.39, 0.29) is 0 Å². The minimum Gasteiger partial charge on any atom is -0.390 e. The van der Waals surface area contributed by atoms with Crippen molar-refractivity contribution in [1.29, 1.82) is 0 Å². The van der Waals surface area contributed by atoms with Crippen molar-refractivity contribution in [3.8, 4) is 0 Å². The zero-order chi connectivity index (χ0) is 14.5. The molecule has 0 saturated carbocycles. The van der Waals surface area contributed by atoms with E-state index in [1.54, 1.807) is 11.3 Å². The van der Waals surface area contributed by atoms with Crippen LogP contribution in [-0.2, 0) is 17.9 Å². The molecule has 0 saturated heterocycles. The molecule has 0 atom stereocenters. The van der Waals surface area contributed by atoms with E-state index in [1.165, 1.54) is 11.1 Å². The van der Waals surface area contributed by atoms with Crippen LogP contribution in [0.25, 0.3) is 0 Å². The molecule has 0 radical (unpaired) electrons. The van der Waals surface area contributed by atoms with Gasteiger partial charge in [0.1, 0.15) is 12.4 Å². The third-order valence-electron chi connectivity index (χ3n) is 2.72.